The first kappa shape index (κ1) is 23.9. The predicted molar refractivity (Wildman–Crippen MR) is 134 cm³/mol. The first-order valence-corrected chi connectivity index (χ1v) is 11.1. The van der Waals surface area contributed by atoms with Crippen LogP contribution < -0.4 is 15.5 Å². The van der Waals surface area contributed by atoms with Crippen molar-refractivity contribution in [3.05, 3.63) is 112 Å². The van der Waals surface area contributed by atoms with Crippen LogP contribution in [0.25, 0.3) is 10.8 Å². The summed E-state index contributed by atoms with van der Waals surface area (Å²) in [7, 11) is 0. The number of ether oxygens (including phenoxy) is 1. The van der Waals surface area contributed by atoms with E-state index in [9.17, 15) is 14.0 Å². The van der Waals surface area contributed by atoms with Gasteiger partial charge in [0.2, 0.25) is 0 Å². The van der Waals surface area contributed by atoms with Crippen LogP contribution in [0.1, 0.15) is 21.5 Å². The molecule has 176 valence electrons. The molecule has 2 N–H and O–H groups in total. The lowest BCUT2D eigenvalue weighted by Gasteiger charge is -2.12. The van der Waals surface area contributed by atoms with Crippen molar-refractivity contribution in [2.75, 3.05) is 6.54 Å². The first-order valence-electron chi connectivity index (χ1n) is 10.7. The number of hydrogen-bond donors (Lipinski definition) is 2. The topological polar surface area (TPSA) is 79.8 Å². The van der Waals surface area contributed by atoms with Crippen LogP contribution in [0, 0.1) is 5.82 Å². The Hall–Kier alpha value is -4.23. The number of carbonyl (C=O) groups excluding carboxylic acids is 2. The smallest absolute Gasteiger partial charge is 0.259 e. The quantitative estimate of drug-likeness (QED) is 0.267. The van der Waals surface area contributed by atoms with Gasteiger partial charge < -0.3 is 10.1 Å². The van der Waals surface area contributed by atoms with Crippen LogP contribution in [0.3, 0.4) is 0 Å². The summed E-state index contributed by atoms with van der Waals surface area (Å²) in [4.78, 5) is 24.3. The molecule has 35 heavy (non-hydrogen) atoms. The third-order valence-corrected chi connectivity index (χ3v) is 5.39. The van der Waals surface area contributed by atoms with Gasteiger partial charge in [0.15, 0.2) is 0 Å². The lowest BCUT2D eigenvalue weighted by molar-refractivity contribution is -0.120. The maximum atomic E-state index is 13.2. The molecule has 0 aliphatic heterocycles. The van der Waals surface area contributed by atoms with Crippen LogP contribution >= 0.6 is 11.6 Å². The van der Waals surface area contributed by atoms with E-state index in [1.807, 2.05) is 36.4 Å². The summed E-state index contributed by atoms with van der Waals surface area (Å²) < 4.78 is 19.1. The van der Waals surface area contributed by atoms with Crippen LogP contribution in [0.5, 0.6) is 5.75 Å². The summed E-state index contributed by atoms with van der Waals surface area (Å²) >= 11 is 5.82. The van der Waals surface area contributed by atoms with E-state index in [0.717, 1.165) is 16.3 Å². The number of halogens is 2. The van der Waals surface area contributed by atoms with E-state index in [2.05, 4.69) is 15.8 Å². The van der Waals surface area contributed by atoms with E-state index in [0.29, 0.717) is 21.9 Å². The summed E-state index contributed by atoms with van der Waals surface area (Å²) in [6.45, 7) is -0.00912. The lowest BCUT2D eigenvalue weighted by Crippen LogP contribution is -2.34. The fraction of sp³-hybridized carbons (Fsp3) is 0.0741. The van der Waals surface area contributed by atoms with Crippen LogP contribution in [-0.2, 0) is 11.4 Å². The van der Waals surface area contributed by atoms with E-state index in [4.69, 9.17) is 16.3 Å². The van der Waals surface area contributed by atoms with Gasteiger partial charge in [-0.05, 0) is 58.8 Å². The van der Waals surface area contributed by atoms with Gasteiger partial charge in [-0.1, -0.05) is 54.1 Å². The number of nitrogens with one attached hydrogen (secondary N) is 2. The standard InChI is InChI=1S/C27H21ClFN3O3/c28-21-10-7-20(8-11-21)27(34)30-16-26(33)32-31-15-24-23-4-2-1-3-19(23)9-14-25(24)35-17-18-5-12-22(29)13-6-18/h1-15H,16-17H2,(H,30,34)(H,32,33). The number of hydrazone groups is 1. The van der Waals surface area contributed by atoms with Crippen molar-refractivity contribution in [3.63, 3.8) is 0 Å². The van der Waals surface area contributed by atoms with Gasteiger partial charge in [0.25, 0.3) is 11.8 Å². The van der Waals surface area contributed by atoms with Crippen molar-refractivity contribution in [1.82, 2.24) is 10.7 Å². The van der Waals surface area contributed by atoms with E-state index in [1.165, 1.54) is 18.3 Å². The molecule has 0 unspecified atom stereocenters. The average molecular weight is 490 g/mol. The summed E-state index contributed by atoms with van der Waals surface area (Å²) in [5, 5.41) is 8.97. The van der Waals surface area contributed by atoms with Gasteiger partial charge in [-0.2, -0.15) is 5.10 Å². The van der Waals surface area contributed by atoms with Gasteiger partial charge in [0, 0.05) is 16.1 Å². The average Bonchev–Trinajstić information content (AvgIpc) is 2.88. The molecule has 2 amide bonds. The maximum absolute atomic E-state index is 13.2. The van der Waals surface area contributed by atoms with Gasteiger partial charge in [-0.15, -0.1) is 0 Å². The largest absolute Gasteiger partial charge is 0.488 e. The Labute approximate surface area is 206 Å². The molecule has 0 atom stereocenters. The van der Waals surface area contributed by atoms with Crippen LogP contribution in [0.15, 0.2) is 90.0 Å². The molecule has 0 aromatic heterocycles. The second-order valence-electron chi connectivity index (χ2n) is 7.60. The Morgan fingerprint density at radius 3 is 2.46 bits per heavy atom. The van der Waals surface area contributed by atoms with Crippen LogP contribution in [0.4, 0.5) is 4.39 Å². The van der Waals surface area contributed by atoms with Gasteiger partial charge in [0.1, 0.15) is 18.2 Å². The number of fused-ring (bicyclic) bond motifs is 1. The van der Waals surface area contributed by atoms with Gasteiger partial charge in [-0.25, -0.2) is 9.82 Å². The van der Waals surface area contributed by atoms with E-state index in [-0.39, 0.29) is 19.0 Å². The third kappa shape index (κ3) is 6.43. The van der Waals surface area contributed by atoms with Gasteiger partial charge >= 0.3 is 0 Å². The number of hydrogen-bond acceptors (Lipinski definition) is 4. The molecule has 0 radical (unpaired) electrons. The Bertz CT molecular complexity index is 1370. The Kier molecular flexibility index (Phi) is 7.70. The highest BCUT2D eigenvalue weighted by atomic mass is 35.5. The van der Waals surface area contributed by atoms with Crippen molar-refractivity contribution >= 4 is 40.4 Å². The minimum Gasteiger partial charge on any atom is -0.488 e. The number of rotatable bonds is 8. The van der Waals surface area contributed by atoms with Gasteiger partial charge in [-0.3, -0.25) is 9.59 Å². The molecule has 4 aromatic carbocycles. The third-order valence-electron chi connectivity index (χ3n) is 5.14. The second-order valence-corrected chi connectivity index (χ2v) is 8.03. The highest BCUT2D eigenvalue weighted by Crippen LogP contribution is 2.27. The molecule has 0 aliphatic rings. The molecular formula is C27H21ClFN3O3. The molecular weight excluding hydrogens is 469 g/mol. The molecule has 0 bridgehead atoms. The molecule has 0 heterocycles. The molecule has 0 spiro atoms. The number of benzene rings is 4. The Morgan fingerprint density at radius 2 is 1.69 bits per heavy atom. The summed E-state index contributed by atoms with van der Waals surface area (Å²) in [5.74, 6) is -0.640. The van der Waals surface area contributed by atoms with Crippen molar-refractivity contribution in [2.45, 2.75) is 6.61 Å². The molecule has 4 rings (SSSR count). The number of nitrogens with zero attached hydrogens (tertiary/aromatic N) is 1. The second kappa shape index (κ2) is 11.3. The van der Waals surface area contributed by atoms with E-state index >= 15 is 0 Å². The lowest BCUT2D eigenvalue weighted by atomic mass is 10.0. The van der Waals surface area contributed by atoms with Crippen molar-refractivity contribution in [1.29, 1.82) is 0 Å². The maximum Gasteiger partial charge on any atom is 0.259 e. The monoisotopic (exact) mass is 489 g/mol. The Morgan fingerprint density at radius 1 is 0.943 bits per heavy atom. The summed E-state index contributed by atoms with van der Waals surface area (Å²) in [6, 6.07) is 23.9. The highest BCUT2D eigenvalue weighted by Gasteiger charge is 2.10. The van der Waals surface area contributed by atoms with Crippen LogP contribution in [-0.4, -0.2) is 24.6 Å². The zero-order chi connectivity index (χ0) is 24.6. The highest BCUT2D eigenvalue weighted by molar-refractivity contribution is 6.30. The van der Waals surface area contributed by atoms with Gasteiger partial charge in [0.05, 0.1) is 12.8 Å². The molecule has 0 saturated carbocycles. The van der Waals surface area contributed by atoms with Crippen molar-refractivity contribution in [3.8, 4) is 5.75 Å². The minimum absolute atomic E-state index is 0.239. The normalized spacial score (nSPS) is 10.9. The number of carbonyl (C=O) groups is 2. The molecule has 0 saturated heterocycles. The van der Waals surface area contributed by atoms with Crippen molar-refractivity contribution in [2.24, 2.45) is 5.10 Å². The molecule has 0 aliphatic carbocycles. The molecule has 0 fully saturated rings. The minimum atomic E-state index is -0.488. The molecule has 4 aromatic rings. The zero-order valence-electron chi connectivity index (χ0n) is 18.5. The fourth-order valence-electron chi connectivity index (χ4n) is 3.35. The summed E-state index contributed by atoms with van der Waals surface area (Å²) in [5.41, 5.74) is 4.30. The van der Waals surface area contributed by atoms with Crippen LogP contribution in [0.2, 0.25) is 5.02 Å². The van der Waals surface area contributed by atoms with E-state index < -0.39 is 11.8 Å². The first-order chi connectivity index (χ1) is 17.0. The fourth-order valence-corrected chi connectivity index (χ4v) is 3.47. The number of amides is 2. The zero-order valence-corrected chi connectivity index (χ0v) is 19.3. The SMILES string of the molecule is O=C(CNC(=O)c1ccc(Cl)cc1)NN=Cc1c(OCc2ccc(F)cc2)ccc2ccccc12. The van der Waals surface area contributed by atoms with E-state index in [1.54, 1.807) is 36.4 Å². The van der Waals surface area contributed by atoms with Crippen molar-refractivity contribution < 1.29 is 18.7 Å². The predicted octanol–water partition coefficient (Wildman–Crippen LogP) is 5.09. The molecule has 6 nitrogen and oxygen atoms in total. The Balaban J connectivity index is 1.42. The summed E-state index contributed by atoms with van der Waals surface area (Å²) in [6.07, 6.45) is 1.50. The molecule has 8 heteroatoms.